The van der Waals surface area contributed by atoms with Gasteiger partial charge in [0.05, 0.1) is 35.7 Å². The molecule has 0 bridgehead atoms. The van der Waals surface area contributed by atoms with E-state index in [-0.39, 0.29) is 5.56 Å². The van der Waals surface area contributed by atoms with Crippen molar-refractivity contribution in [2.24, 2.45) is 0 Å². The Morgan fingerprint density at radius 3 is 2.55 bits per heavy atom. The summed E-state index contributed by atoms with van der Waals surface area (Å²) in [5.74, 6) is 0.473. The minimum Gasteiger partial charge on any atom is -0.496 e. The monoisotopic (exact) mass is 564 g/mol. The van der Waals surface area contributed by atoms with Gasteiger partial charge in [0.1, 0.15) is 17.3 Å². The molecule has 3 heterocycles. The molecular weight excluding hydrogens is 543 g/mol. The molecule has 10 heteroatoms. The lowest BCUT2D eigenvalue weighted by Crippen LogP contribution is -2.22. The summed E-state index contributed by atoms with van der Waals surface area (Å²) in [7, 11) is 1.51. The topological polar surface area (TPSA) is 78.2 Å². The van der Waals surface area contributed by atoms with Crippen molar-refractivity contribution in [3.8, 4) is 17.0 Å². The molecule has 0 aliphatic carbocycles. The first-order valence-corrected chi connectivity index (χ1v) is 13.2. The molecule has 0 aliphatic rings. The van der Waals surface area contributed by atoms with E-state index in [1.165, 1.54) is 23.1 Å². The number of benzene rings is 2. The Morgan fingerprint density at radius 1 is 1.03 bits per heavy atom. The van der Waals surface area contributed by atoms with Crippen LogP contribution in [0, 0.1) is 0 Å². The van der Waals surface area contributed by atoms with Gasteiger partial charge in [0.2, 0.25) is 0 Å². The Morgan fingerprint density at radius 2 is 1.82 bits per heavy atom. The average molecular weight is 565 g/mol. The molecule has 0 fully saturated rings. The maximum atomic E-state index is 13.6. The Labute approximate surface area is 232 Å². The van der Waals surface area contributed by atoms with E-state index in [0.29, 0.717) is 50.8 Å². The highest BCUT2D eigenvalue weighted by atomic mass is 35.5. The molecule has 192 valence electrons. The number of hydrogen-bond donors (Lipinski definition) is 1. The van der Waals surface area contributed by atoms with Crippen molar-refractivity contribution in [2.75, 3.05) is 12.4 Å². The number of methoxy groups -OCH3 is 1. The first kappa shape index (κ1) is 25.8. The van der Waals surface area contributed by atoms with Gasteiger partial charge in [-0.3, -0.25) is 9.59 Å². The second-order valence-corrected chi connectivity index (χ2v) is 10.6. The Hall–Kier alpha value is -3.85. The lowest BCUT2D eigenvalue weighted by Gasteiger charge is -2.10. The third kappa shape index (κ3) is 5.52. The van der Waals surface area contributed by atoms with Crippen molar-refractivity contribution in [1.29, 1.82) is 0 Å². The number of anilines is 1. The summed E-state index contributed by atoms with van der Waals surface area (Å²) in [6, 6.07) is 23.2. The molecule has 0 unspecified atom stereocenters. The highest BCUT2D eigenvalue weighted by Crippen LogP contribution is 2.26. The minimum absolute atomic E-state index is 0.228. The quantitative estimate of drug-likeness (QED) is 0.234. The van der Waals surface area contributed by atoms with Gasteiger partial charge in [-0.1, -0.05) is 47.5 Å². The van der Waals surface area contributed by atoms with Crippen LogP contribution in [0.15, 0.2) is 89.9 Å². The molecule has 1 N–H and O–H groups in total. The van der Waals surface area contributed by atoms with Crippen LogP contribution in [-0.2, 0) is 13.1 Å². The van der Waals surface area contributed by atoms with Crippen LogP contribution in [0.4, 0.5) is 5.82 Å². The molecule has 5 rings (SSSR count). The average Bonchev–Trinajstić information content (AvgIpc) is 3.55. The van der Waals surface area contributed by atoms with Crippen molar-refractivity contribution in [1.82, 2.24) is 14.3 Å². The van der Waals surface area contributed by atoms with E-state index in [1.54, 1.807) is 65.4 Å². The largest absolute Gasteiger partial charge is 0.496 e. The Bertz CT molecular complexity index is 1660. The smallest absolute Gasteiger partial charge is 0.283 e. The summed E-state index contributed by atoms with van der Waals surface area (Å²) in [6.07, 6.45) is 1.72. The van der Waals surface area contributed by atoms with Gasteiger partial charge in [-0.2, -0.15) is 9.78 Å². The predicted octanol–water partition coefficient (Wildman–Crippen LogP) is 6.44. The number of ether oxygens (including phenoxy) is 1. The number of pyridine rings is 1. The van der Waals surface area contributed by atoms with Gasteiger partial charge in [0.25, 0.3) is 11.5 Å². The molecule has 7 nitrogen and oxygen atoms in total. The van der Waals surface area contributed by atoms with Gasteiger partial charge in [0.15, 0.2) is 0 Å². The van der Waals surface area contributed by atoms with Crippen LogP contribution >= 0.6 is 34.5 Å². The Kier molecular flexibility index (Phi) is 7.64. The summed E-state index contributed by atoms with van der Waals surface area (Å²) in [5.41, 5.74) is 1.79. The van der Waals surface area contributed by atoms with Crippen LogP contribution in [0.25, 0.3) is 11.3 Å². The molecule has 0 saturated heterocycles. The van der Waals surface area contributed by atoms with Crippen LogP contribution in [0.2, 0.25) is 9.36 Å². The third-order valence-corrected chi connectivity index (χ3v) is 7.36. The molecule has 0 amide bonds. The van der Waals surface area contributed by atoms with Crippen LogP contribution in [-0.4, -0.2) is 27.4 Å². The van der Waals surface area contributed by atoms with Crippen LogP contribution < -0.4 is 15.6 Å². The third-order valence-electron chi connectivity index (χ3n) is 5.87. The fraction of sp³-hybridized carbons (Fsp3) is 0.107. The van der Waals surface area contributed by atoms with Gasteiger partial charge in [0, 0.05) is 22.2 Å². The van der Waals surface area contributed by atoms with Crippen LogP contribution in [0.1, 0.15) is 20.8 Å². The molecular formula is C28H22Cl2N4O3S. The fourth-order valence-corrected chi connectivity index (χ4v) is 5.15. The first-order valence-electron chi connectivity index (χ1n) is 11.6. The van der Waals surface area contributed by atoms with Crippen molar-refractivity contribution in [3.05, 3.63) is 121 Å². The van der Waals surface area contributed by atoms with Crippen molar-refractivity contribution >= 4 is 46.3 Å². The first-order chi connectivity index (χ1) is 18.4. The van der Waals surface area contributed by atoms with E-state index in [4.69, 9.17) is 27.9 Å². The summed E-state index contributed by atoms with van der Waals surface area (Å²) in [5, 5.41) is 8.47. The van der Waals surface area contributed by atoms with Gasteiger partial charge in [-0.25, -0.2) is 0 Å². The van der Waals surface area contributed by atoms with Crippen LogP contribution in [0.3, 0.4) is 0 Å². The van der Waals surface area contributed by atoms with E-state index in [2.05, 4.69) is 10.4 Å². The van der Waals surface area contributed by atoms with Gasteiger partial charge < -0.3 is 14.6 Å². The lowest BCUT2D eigenvalue weighted by molar-refractivity contribution is 0.0945. The minimum atomic E-state index is -0.391. The van der Waals surface area contributed by atoms with Crippen molar-refractivity contribution in [2.45, 2.75) is 13.1 Å². The molecule has 5 aromatic rings. The number of aromatic nitrogens is 3. The molecule has 2 aromatic carbocycles. The maximum absolute atomic E-state index is 13.6. The molecule has 0 spiro atoms. The number of thiophene rings is 1. The second kappa shape index (κ2) is 11.3. The summed E-state index contributed by atoms with van der Waals surface area (Å²) >= 11 is 13.5. The van der Waals surface area contributed by atoms with Gasteiger partial charge in [-0.15, -0.1) is 11.3 Å². The van der Waals surface area contributed by atoms with Crippen molar-refractivity contribution < 1.29 is 9.53 Å². The van der Waals surface area contributed by atoms with E-state index < -0.39 is 5.91 Å². The molecule has 0 aliphatic heterocycles. The number of carbonyl (C=O) groups is 1. The maximum Gasteiger partial charge on any atom is 0.283 e. The number of carbonyl (C=O) groups excluding carboxylic acids is 1. The lowest BCUT2D eigenvalue weighted by atomic mass is 10.2. The van der Waals surface area contributed by atoms with Gasteiger partial charge in [-0.05, 0) is 54.1 Å². The van der Waals surface area contributed by atoms with E-state index in [0.717, 1.165) is 10.4 Å². The van der Waals surface area contributed by atoms with Crippen LogP contribution in [0.5, 0.6) is 5.75 Å². The number of hydrogen-bond acceptors (Lipinski definition) is 6. The highest BCUT2D eigenvalue weighted by Gasteiger charge is 2.21. The number of halogens is 2. The predicted molar refractivity (Wildman–Crippen MR) is 152 cm³/mol. The fourth-order valence-electron chi connectivity index (χ4n) is 4.00. The molecule has 38 heavy (non-hydrogen) atoms. The molecule has 3 aromatic heterocycles. The zero-order valence-electron chi connectivity index (χ0n) is 20.2. The Balaban J connectivity index is 1.53. The highest BCUT2D eigenvalue weighted by molar-refractivity contribution is 7.16. The number of nitrogens with zero attached hydrogens (tertiary/aromatic N) is 3. The molecule has 0 saturated carbocycles. The molecule has 0 atom stereocenters. The number of rotatable bonds is 8. The van der Waals surface area contributed by atoms with E-state index >= 15 is 0 Å². The zero-order chi connectivity index (χ0) is 26.6. The standard InChI is InChI=1S/C28H22Cl2N4O3S/c1-37-24-7-3-2-5-22(24)28(36)34-26(31-16-20-12-13-25(30)38-20)15-23(32-34)21-6-4-14-33(27(21)35)17-18-8-10-19(29)11-9-18/h2-15,31H,16-17H2,1H3. The zero-order valence-corrected chi connectivity index (χ0v) is 22.6. The van der Waals surface area contributed by atoms with Crippen molar-refractivity contribution in [3.63, 3.8) is 0 Å². The molecule has 0 radical (unpaired) electrons. The number of para-hydroxylation sites is 1. The second-order valence-electron chi connectivity index (χ2n) is 8.37. The SMILES string of the molecule is COc1ccccc1C(=O)n1nc(-c2cccn(Cc3ccc(Cl)cc3)c2=O)cc1NCc1ccc(Cl)s1. The summed E-state index contributed by atoms with van der Waals surface area (Å²) in [4.78, 5) is 28.0. The normalized spacial score (nSPS) is 10.9. The number of nitrogens with one attached hydrogen (secondary N) is 1. The van der Waals surface area contributed by atoms with Gasteiger partial charge >= 0.3 is 0 Å². The van der Waals surface area contributed by atoms with E-state index in [1.807, 2.05) is 24.3 Å². The van der Waals surface area contributed by atoms with E-state index in [9.17, 15) is 9.59 Å². The summed E-state index contributed by atoms with van der Waals surface area (Å²) < 4.78 is 8.93. The summed E-state index contributed by atoms with van der Waals surface area (Å²) in [6.45, 7) is 0.798.